The molecule has 0 aromatic carbocycles. The maximum absolute atomic E-state index is 9.18. The number of aliphatic hydroxyl groups excluding tert-OH is 1. The highest BCUT2D eigenvalue weighted by molar-refractivity contribution is 4.88. The van der Waals surface area contributed by atoms with Gasteiger partial charge in [-0.15, -0.1) is 0 Å². The second kappa shape index (κ2) is 3.50. The van der Waals surface area contributed by atoms with Crippen LogP contribution in [0.5, 0.6) is 0 Å². The van der Waals surface area contributed by atoms with Crippen molar-refractivity contribution >= 4 is 0 Å². The van der Waals surface area contributed by atoms with Gasteiger partial charge in [-0.2, -0.15) is 0 Å². The first-order valence-corrected chi connectivity index (χ1v) is 3.60. The van der Waals surface area contributed by atoms with Crippen LogP contribution in [0.1, 0.15) is 5.82 Å². The minimum atomic E-state index is -0.470. The second-order valence-electron chi connectivity index (χ2n) is 2.52. The Hall–Kier alpha value is -0.870. The molecule has 62 valence electrons. The molecule has 11 heavy (non-hydrogen) atoms. The molecule has 4 heteroatoms. The van der Waals surface area contributed by atoms with Crippen LogP contribution in [0.25, 0.3) is 0 Å². The molecule has 0 saturated heterocycles. The van der Waals surface area contributed by atoms with Crippen molar-refractivity contribution < 1.29 is 5.11 Å². The van der Waals surface area contributed by atoms with E-state index in [9.17, 15) is 5.11 Å². The summed E-state index contributed by atoms with van der Waals surface area (Å²) in [4.78, 5) is 4.02. The van der Waals surface area contributed by atoms with Gasteiger partial charge in [0, 0.05) is 18.9 Å². The van der Waals surface area contributed by atoms with Crippen LogP contribution in [0, 0.1) is 6.92 Å². The third-order valence-corrected chi connectivity index (χ3v) is 1.60. The lowest BCUT2D eigenvalue weighted by Crippen LogP contribution is -2.25. The van der Waals surface area contributed by atoms with E-state index in [2.05, 4.69) is 4.98 Å². The lowest BCUT2D eigenvalue weighted by molar-refractivity contribution is 0.161. The first kappa shape index (κ1) is 8.23. The molecule has 1 aromatic heterocycles. The summed E-state index contributed by atoms with van der Waals surface area (Å²) in [5.74, 6) is 0.900. The predicted octanol–water partition coefficient (Wildman–Crippen LogP) is -0.489. The van der Waals surface area contributed by atoms with Crippen LogP contribution < -0.4 is 5.73 Å². The van der Waals surface area contributed by atoms with E-state index in [4.69, 9.17) is 5.73 Å². The van der Waals surface area contributed by atoms with Crippen molar-refractivity contribution in [2.75, 3.05) is 6.54 Å². The first-order valence-electron chi connectivity index (χ1n) is 3.60. The molecule has 3 N–H and O–H groups in total. The lowest BCUT2D eigenvalue weighted by atomic mass is 10.3. The molecule has 0 aliphatic rings. The van der Waals surface area contributed by atoms with Crippen molar-refractivity contribution in [3.63, 3.8) is 0 Å². The molecule has 1 rings (SSSR count). The van der Waals surface area contributed by atoms with E-state index in [1.165, 1.54) is 0 Å². The zero-order chi connectivity index (χ0) is 8.27. The monoisotopic (exact) mass is 155 g/mol. The van der Waals surface area contributed by atoms with Crippen molar-refractivity contribution in [1.29, 1.82) is 0 Å². The summed E-state index contributed by atoms with van der Waals surface area (Å²) < 4.78 is 1.87. The van der Waals surface area contributed by atoms with Gasteiger partial charge in [0.1, 0.15) is 5.82 Å². The SMILES string of the molecule is Cc1nccn1CC(O)CN. The minimum Gasteiger partial charge on any atom is -0.390 e. The summed E-state index contributed by atoms with van der Waals surface area (Å²) in [6, 6.07) is 0. The zero-order valence-electron chi connectivity index (χ0n) is 6.57. The molecule has 1 aromatic rings. The average molecular weight is 155 g/mol. The number of hydrogen-bond donors (Lipinski definition) is 2. The van der Waals surface area contributed by atoms with Crippen LogP contribution in [0.4, 0.5) is 0 Å². The summed E-state index contributed by atoms with van der Waals surface area (Å²) >= 11 is 0. The number of imidazole rings is 1. The fourth-order valence-corrected chi connectivity index (χ4v) is 0.898. The molecule has 0 aliphatic heterocycles. The first-order chi connectivity index (χ1) is 5.24. The van der Waals surface area contributed by atoms with Crippen LogP contribution >= 0.6 is 0 Å². The Labute approximate surface area is 65.7 Å². The Morgan fingerprint density at radius 3 is 3.00 bits per heavy atom. The van der Waals surface area contributed by atoms with Gasteiger partial charge in [-0.25, -0.2) is 4.98 Å². The second-order valence-corrected chi connectivity index (χ2v) is 2.52. The van der Waals surface area contributed by atoms with Crippen LogP contribution in [-0.4, -0.2) is 27.3 Å². The van der Waals surface area contributed by atoms with Gasteiger partial charge in [0.05, 0.1) is 12.6 Å². The fraction of sp³-hybridized carbons (Fsp3) is 0.571. The number of nitrogens with two attached hydrogens (primary N) is 1. The third kappa shape index (κ3) is 2.03. The van der Waals surface area contributed by atoms with E-state index in [1.54, 1.807) is 6.20 Å². The standard InChI is InChI=1S/C7H13N3O/c1-6-9-2-3-10(6)5-7(11)4-8/h2-3,7,11H,4-5,8H2,1H3. The van der Waals surface area contributed by atoms with Crippen molar-refractivity contribution in [3.8, 4) is 0 Å². The summed E-state index contributed by atoms with van der Waals surface area (Å²) in [7, 11) is 0. The fourth-order valence-electron chi connectivity index (χ4n) is 0.898. The number of aliphatic hydroxyl groups is 1. The van der Waals surface area contributed by atoms with E-state index in [0.717, 1.165) is 5.82 Å². The molecule has 0 fully saturated rings. The maximum atomic E-state index is 9.18. The van der Waals surface area contributed by atoms with E-state index < -0.39 is 6.10 Å². The van der Waals surface area contributed by atoms with Gasteiger partial charge in [-0.05, 0) is 6.92 Å². The molecule has 1 atom stereocenters. The van der Waals surface area contributed by atoms with E-state index in [-0.39, 0.29) is 6.54 Å². The number of aryl methyl sites for hydroxylation is 1. The molecule has 0 bridgehead atoms. The summed E-state index contributed by atoms with van der Waals surface area (Å²) in [5, 5.41) is 9.18. The highest BCUT2D eigenvalue weighted by atomic mass is 16.3. The molecule has 0 radical (unpaired) electrons. The highest BCUT2D eigenvalue weighted by Gasteiger charge is 2.03. The predicted molar refractivity (Wildman–Crippen MR) is 42.0 cm³/mol. The Morgan fingerprint density at radius 1 is 1.82 bits per heavy atom. The van der Waals surface area contributed by atoms with Crippen LogP contribution in [-0.2, 0) is 6.54 Å². The molecular weight excluding hydrogens is 142 g/mol. The van der Waals surface area contributed by atoms with Crippen LogP contribution in [0.3, 0.4) is 0 Å². The average Bonchev–Trinajstić information content (AvgIpc) is 2.37. The number of hydrogen-bond acceptors (Lipinski definition) is 3. The molecule has 1 unspecified atom stereocenters. The van der Waals surface area contributed by atoms with Gasteiger partial charge < -0.3 is 15.4 Å². The number of rotatable bonds is 3. The summed E-state index contributed by atoms with van der Waals surface area (Å²) in [6.07, 6.45) is 3.06. The Balaban J connectivity index is 2.56. The maximum Gasteiger partial charge on any atom is 0.105 e. The molecule has 0 aliphatic carbocycles. The van der Waals surface area contributed by atoms with Crippen LogP contribution in [0.2, 0.25) is 0 Å². The molecule has 4 nitrogen and oxygen atoms in total. The van der Waals surface area contributed by atoms with Crippen LogP contribution in [0.15, 0.2) is 12.4 Å². The minimum absolute atomic E-state index is 0.289. The Bertz CT molecular complexity index is 221. The third-order valence-electron chi connectivity index (χ3n) is 1.60. The van der Waals surface area contributed by atoms with Gasteiger partial charge in [0.15, 0.2) is 0 Å². The van der Waals surface area contributed by atoms with E-state index in [1.807, 2.05) is 17.7 Å². The molecule has 0 saturated carbocycles. The highest BCUT2D eigenvalue weighted by Crippen LogP contribution is 1.96. The quantitative estimate of drug-likeness (QED) is 0.619. The van der Waals surface area contributed by atoms with Crippen molar-refractivity contribution in [3.05, 3.63) is 18.2 Å². The van der Waals surface area contributed by atoms with Gasteiger partial charge in [0.25, 0.3) is 0 Å². The van der Waals surface area contributed by atoms with Gasteiger partial charge >= 0.3 is 0 Å². The molecule has 0 spiro atoms. The van der Waals surface area contributed by atoms with Crippen molar-refractivity contribution in [2.24, 2.45) is 5.73 Å². The van der Waals surface area contributed by atoms with Crippen molar-refractivity contribution in [1.82, 2.24) is 9.55 Å². The van der Waals surface area contributed by atoms with Gasteiger partial charge in [-0.3, -0.25) is 0 Å². The zero-order valence-corrected chi connectivity index (χ0v) is 6.57. The largest absolute Gasteiger partial charge is 0.390 e. The summed E-state index contributed by atoms with van der Waals surface area (Å²) in [6.45, 7) is 2.71. The smallest absolute Gasteiger partial charge is 0.105 e. The lowest BCUT2D eigenvalue weighted by Gasteiger charge is -2.09. The normalized spacial score (nSPS) is 13.4. The van der Waals surface area contributed by atoms with E-state index >= 15 is 0 Å². The van der Waals surface area contributed by atoms with Gasteiger partial charge in [0.2, 0.25) is 0 Å². The van der Waals surface area contributed by atoms with Gasteiger partial charge in [-0.1, -0.05) is 0 Å². The summed E-state index contributed by atoms with van der Waals surface area (Å²) in [5.41, 5.74) is 5.25. The molecular formula is C7H13N3O. The van der Waals surface area contributed by atoms with E-state index in [0.29, 0.717) is 6.54 Å². The number of aromatic nitrogens is 2. The Kier molecular flexibility index (Phi) is 2.62. The molecule has 0 amide bonds. The topological polar surface area (TPSA) is 64.1 Å². The number of nitrogens with zero attached hydrogens (tertiary/aromatic N) is 2. The Morgan fingerprint density at radius 2 is 2.55 bits per heavy atom. The molecule has 1 heterocycles. The van der Waals surface area contributed by atoms with Crippen molar-refractivity contribution in [2.45, 2.75) is 19.6 Å².